The lowest BCUT2D eigenvalue weighted by molar-refractivity contribution is -0.136. The van der Waals surface area contributed by atoms with Crippen LogP contribution in [0.3, 0.4) is 0 Å². The average molecular weight is 418 g/mol. The van der Waals surface area contributed by atoms with Crippen molar-refractivity contribution in [1.82, 2.24) is 5.32 Å². The molecule has 0 heterocycles. The van der Waals surface area contributed by atoms with E-state index in [9.17, 15) is 4.79 Å². The highest BCUT2D eigenvalue weighted by Gasteiger charge is 2.16. The maximum Gasteiger partial charge on any atom is 0.304 e. The molecule has 0 radical (unpaired) electrons. The Morgan fingerprint density at radius 1 is 0.935 bits per heavy atom. The molecule has 3 aromatic carbocycles. The van der Waals surface area contributed by atoms with E-state index < -0.39 is 5.97 Å². The molecule has 1 unspecified atom stereocenters. The molecule has 3 aromatic rings. The Hall–Kier alpha value is -3.11. The Morgan fingerprint density at radius 3 is 2.35 bits per heavy atom. The summed E-state index contributed by atoms with van der Waals surface area (Å²) in [7, 11) is 1.70. The minimum Gasteiger partial charge on any atom is -0.497 e. The summed E-state index contributed by atoms with van der Waals surface area (Å²) < 4.78 is 5.47. The Balaban J connectivity index is 1.83. The molecule has 0 spiro atoms. The van der Waals surface area contributed by atoms with Gasteiger partial charge in [-0.15, -0.1) is 0 Å². The molecule has 0 amide bonds. The van der Waals surface area contributed by atoms with E-state index in [0.717, 1.165) is 17.7 Å². The first-order valence-electron chi connectivity index (χ1n) is 10.7. The summed E-state index contributed by atoms with van der Waals surface area (Å²) in [6, 6.07) is 23.6. The normalized spacial score (nSPS) is 11.8. The van der Waals surface area contributed by atoms with Crippen LogP contribution < -0.4 is 10.1 Å². The van der Waals surface area contributed by atoms with E-state index in [1.165, 1.54) is 27.8 Å². The van der Waals surface area contributed by atoms with Gasteiger partial charge in [0.15, 0.2) is 0 Å². The van der Waals surface area contributed by atoms with Crippen molar-refractivity contribution in [2.24, 2.45) is 0 Å². The third kappa shape index (κ3) is 6.43. The zero-order valence-corrected chi connectivity index (χ0v) is 18.5. The van der Waals surface area contributed by atoms with Gasteiger partial charge in [-0.3, -0.25) is 4.79 Å². The van der Waals surface area contributed by atoms with Gasteiger partial charge in [-0.05, 0) is 65.8 Å². The standard InChI is InChI=1S/C27H31NO3/c1-19-7-8-22(15-20(19)2)16-26(24-5-4-6-25(17-24)31-3)23-11-9-21(10-12-23)18-28-14-13-27(29)30/h4-12,15,17,26,28H,13-14,16,18H2,1-3H3,(H,29,30). The molecule has 162 valence electrons. The van der Waals surface area contributed by atoms with Crippen molar-refractivity contribution in [3.05, 3.63) is 100 Å². The average Bonchev–Trinajstić information content (AvgIpc) is 2.78. The van der Waals surface area contributed by atoms with Crippen LogP contribution in [0.25, 0.3) is 0 Å². The van der Waals surface area contributed by atoms with Crippen molar-refractivity contribution in [2.75, 3.05) is 13.7 Å². The molecule has 1 atom stereocenters. The lowest BCUT2D eigenvalue weighted by Gasteiger charge is -2.20. The monoisotopic (exact) mass is 417 g/mol. The van der Waals surface area contributed by atoms with Gasteiger partial charge >= 0.3 is 5.97 Å². The molecule has 3 rings (SSSR count). The Kier molecular flexibility index (Phi) is 7.85. The zero-order chi connectivity index (χ0) is 22.2. The molecule has 0 aromatic heterocycles. The van der Waals surface area contributed by atoms with Crippen molar-refractivity contribution in [1.29, 1.82) is 0 Å². The minimum atomic E-state index is -0.782. The molecule has 4 nitrogen and oxygen atoms in total. The number of benzene rings is 3. The van der Waals surface area contributed by atoms with Gasteiger partial charge in [0.2, 0.25) is 0 Å². The number of nitrogens with one attached hydrogen (secondary N) is 1. The Labute approximate surface area is 184 Å². The fourth-order valence-electron chi connectivity index (χ4n) is 3.75. The first-order chi connectivity index (χ1) is 15.0. The molecule has 0 aliphatic rings. The van der Waals surface area contributed by atoms with Crippen LogP contribution in [0.5, 0.6) is 5.75 Å². The highest BCUT2D eigenvalue weighted by atomic mass is 16.5. The van der Waals surface area contributed by atoms with Gasteiger partial charge in [0.1, 0.15) is 5.75 Å². The van der Waals surface area contributed by atoms with Crippen LogP contribution in [-0.4, -0.2) is 24.7 Å². The first kappa shape index (κ1) is 22.6. The van der Waals surface area contributed by atoms with Gasteiger partial charge in [0, 0.05) is 19.0 Å². The SMILES string of the molecule is COc1cccc(C(Cc2ccc(C)c(C)c2)c2ccc(CNCCC(=O)O)cc2)c1. The van der Waals surface area contributed by atoms with E-state index >= 15 is 0 Å². The van der Waals surface area contributed by atoms with Gasteiger partial charge < -0.3 is 15.2 Å². The van der Waals surface area contributed by atoms with Crippen LogP contribution in [0.4, 0.5) is 0 Å². The summed E-state index contributed by atoms with van der Waals surface area (Å²) in [5, 5.41) is 11.9. The highest BCUT2D eigenvalue weighted by molar-refractivity contribution is 5.66. The number of methoxy groups -OCH3 is 1. The summed E-state index contributed by atoms with van der Waals surface area (Å²) in [4.78, 5) is 10.7. The van der Waals surface area contributed by atoms with E-state index in [1.54, 1.807) is 7.11 Å². The molecule has 0 aliphatic heterocycles. The molecule has 2 N–H and O–H groups in total. The Bertz CT molecular complexity index is 1010. The second-order valence-electron chi connectivity index (χ2n) is 8.01. The lowest BCUT2D eigenvalue weighted by atomic mass is 9.85. The smallest absolute Gasteiger partial charge is 0.304 e. The summed E-state index contributed by atoms with van der Waals surface area (Å²) in [5.41, 5.74) is 7.55. The highest BCUT2D eigenvalue weighted by Crippen LogP contribution is 2.31. The number of hydrogen-bond acceptors (Lipinski definition) is 3. The maximum absolute atomic E-state index is 10.7. The van der Waals surface area contributed by atoms with E-state index in [2.05, 4.69) is 73.8 Å². The van der Waals surface area contributed by atoms with Crippen LogP contribution in [0.1, 0.15) is 45.7 Å². The summed E-state index contributed by atoms with van der Waals surface area (Å²) in [6.45, 7) is 5.43. The van der Waals surface area contributed by atoms with E-state index in [0.29, 0.717) is 13.1 Å². The Morgan fingerprint density at radius 2 is 1.68 bits per heavy atom. The first-order valence-corrected chi connectivity index (χ1v) is 10.7. The van der Waals surface area contributed by atoms with Crippen LogP contribution in [-0.2, 0) is 17.8 Å². The number of carboxylic acid groups (broad SMARTS) is 1. The second kappa shape index (κ2) is 10.8. The molecule has 0 bridgehead atoms. The van der Waals surface area contributed by atoms with Gasteiger partial charge in [-0.2, -0.15) is 0 Å². The van der Waals surface area contributed by atoms with Crippen LogP contribution in [0.15, 0.2) is 66.7 Å². The van der Waals surface area contributed by atoms with E-state index in [4.69, 9.17) is 9.84 Å². The van der Waals surface area contributed by atoms with Crippen LogP contribution >= 0.6 is 0 Å². The maximum atomic E-state index is 10.7. The number of carbonyl (C=O) groups is 1. The number of carboxylic acids is 1. The predicted octanol–water partition coefficient (Wildman–Crippen LogP) is 5.25. The molecular weight excluding hydrogens is 386 g/mol. The van der Waals surface area contributed by atoms with E-state index in [1.807, 2.05) is 12.1 Å². The summed E-state index contributed by atoms with van der Waals surface area (Å²) in [6.07, 6.45) is 1.04. The quantitative estimate of drug-likeness (QED) is 0.442. The zero-order valence-electron chi connectivity index (χ0n) is 18.5. The molecule has 0 saturated carbocycles. The molecule has 4 heteroatoms. The minimum absolute atomic E-state index is 0.131. The fraction of sp³-hybridized carbons (Fsp3) is 0.296. The van der Waals surface area contributed by atoms with Crippen molar-refractivity contribution in [2.45, 2.75) is 39.2 Å². The molecule has 0 aliphatic carbocycles. The van der Waals surface area contributed by atoms with Crippen LogP contribution in [0, 0.1) is 13.8 Å². The number of hydrogen-bond donors (Lipinski definition) is 2. The predicted molar refractivity (Wildman–Crippen MR) is 125 cm³/mol. The van der Waals surface area contributed by atoms with E-state index in [-0.39, 0.29) is 12.3 Å². The third-order valence-corrected chi connectivity index (χ3v) is 5.73. The largest absolute Gasteiger partial charge is 0.497 e. The fourth-order valence-corrected chi connectivity index (χ4v) is 3.75. The summed E-state index contributed by atoms with van der Waals surface area (Å²) in [5.74, 6) is 0.295. The number of aliphatic carboxylic acids is 1. The number of aryl methyl sites for hydroxylation is 2. The van der Waals surface area contributed by atoms with Crippen molar-refractivity contribution in [3.8, 4) is 5.75 Å². The topological polar surface area (TPSA) is 58.6 Å². The third-order valence-electron chi connectivity index (χ3n) is 5.73. The van der Waals surface area contributed by atoms with Crippen molar-refractivity contribution >= 4 is 5.97 Å². The van der Waals surface area contributed by atoms with Crippen LogP contribution in [0.2, 0.25) is 0 Å². The molecular formula is C27H31NO3. The van der Waals surface area contributed by atoms with Crippen molar-refractivity contribution in [3.63, 3.8) is 0 Å². The number of ether oxygens (including phenoxy) is 1. The molecule has 0 fully saturated rings. The van der Waals surface area contributed by atoms with Gasteiger partial charge in [0.05, 0.1) is 13.5 Å². The number of rotatable bonds is 10. The molecule has 0 saturated heterocycles. The summed E-state index contributed by atoms with van der Waals surface area (Å²) >= 11 is 0. The van der Waals surface area contributed by atoms with Gasteiger partial charge in [-0.1, -0.05) is 54.6 Å². The second-order valence-corrected chi connectivity index (χ2v) is 8.01. The van der Waals surface area contributed by atoms with Gasteiger partial charge in [0.25, 0.3) is 0 Å². The van der Waals surface area contributed by atoms with Crippen molar-refractivity contribution < 1.29 is 14.6 Å². The lowest BCUT2D eigenvalue weighted by Crippen LogP contribution is -2.17. The molecule has 31 heavy (non-hydrogen) atoms. The van der Waals surface area contributed by atoms with Gasteiger partial charge in [-0.25, -0.2) is 0 Å².